The Morgan fingerprint density at radius 3 is 1.64 bits per heavy atom. The Labute approximate surface area is 143 Å². The minimum Gasteiger partial charge on any atom is -0.336 e. The maximum absolute atomic E-state index is 4.44. The monoisotopic (exact) mass is 470 g/mol. The maximum atomic E-state index is 4.44. The number of benzene rings is 1. The van der Waals surface area contributed by atoms with Crippen LogP contribution in [0.3, 0.4) is 0 Å². The number of hydrogen-bond acceptors (Lipinski definition) is 4. The van der Waals surface area contributed by atoms with Gasteiger partial charge in [-0.05, 0) is 12.1 Å². The van der Waals surface area contributed by atoms with Crippen molar-refractivity contribution in [1.82, 2.24) is 19.1 Å². The smallest absolute Gasteiger partial charge is 0.336 e. The molecular weight excluding hydrogens is 455 g/mol. The number of hydrogen-bond donors (Lipinski definition) is 0. The quantitative estimate of drug-likeness (QED) is 0.539. The van der Waals surface area contributed by atoms with E-state index in [0.717, 1.165) is 23.3 Å². The minimum atomic E-state index is 0. The van der Waals surface area contributed by atoms with Crippen molar-refractivity contribution in [1.29, 1.82) is 0 Å². The molecule has 0 atom stereocenters. The molecule has 6 nitrogen and oxygen atoms in total. The molecule has 0 spiro atoms. The molecule has 2 aromatic heterocycles. The molecule has 8 heteroatoms. The summed E-state index contributed by atoms with van der Waals surface area (Å²) in [4.78, 5) is 13.0. The molecule has 0 amide bonds. The summed E-state index contributed by atoms with van der Waals surface area (Å²) in [6.07, 6.45) is 7.48. The second-order valence-electron chi connectivity index (χ2n) is 5.02. The van der Waals surface area contributed by atoms with Crippen LogP contribution < -0.4 is 9.62 Å². The first-order chi connectivity index (χ1) is 10.3. The number of imidazole rings is 2. The van der Waals surface area contributed by atoms with Gasteiger partial charge in [0, 0.05) is 59.0 Å². The Morgan fingerprint density at radius 1 is 0.818 bits per heavy atom. The van der Waals surface area contributed by atoms with Crippen LogP contribution in [-0.4, -0.2) is 26.7 Å². The fraction of sp³-hybridized carbons (Fsp3) is 0.143. The predicted octanol–water partition coefficient (Wildman–Crippen LogP) is 1.98. The van der Waals surface area contributed by atoms with Crippen LogP contribution in [0.2, 0.25) is 0 Å². The van der Waals surface area contributed by atoms with E-state index in [-0.39, 0.29) is 20.1 Å². The van der Waals surface area contributed by atoms with Crippen molar-refractivity contribution in [3.8, 4) is 0 Å². The first-order valence-electron chi connectivity index (χ1n) is 6.73. The molecule has 3 aromatic rings. The minimum absolute atomic E-state index is 0. The average molecular weight is 469 g/mol. The molecule has 0 bridgehead atoms. The van der Waals surface area contributed by atoms with E-state index in [1.165, 1.54) is 0 Å². The number of fused-ring (bicyclic) bond motifs is 1. The number of anilines is 4. The van der Waals surface area contributed by atoms with Crippen molar-refractivity contribution in [3.63, 3.8) is 0 Å². The van der Waals surface area contributed by atoms with E-state index in [0.29, 0.717) is 0 Å². The van der Waals surface area contributed by atoms with Crippen molar-refractivity contribution in [2.24, 2.45) is 14.1 Å². The molecule has 1 aromatic carbocycles. The first kappa shape index (κ1) is 14.9. The van der Waals surface area contributed by atoms with E-state index in [1.54, 1.807) is 12.4 Å². The number of nitrogens with zero attached hydrogens (tertiary/aromatic N) is 6. The standard InChI is InChI=1S/C14H14BN6.Ir/c1-18-9-7-16-13(18)20-11-5-3-4-6-12(11)21(15-20)14-17-8-10-19(14)2;/h3-10H,1-2H3;. The topological polar surface area (TPSA) is 42.1 Å². The molecule has 4 rings (SSSR count). The summed E-state index contributed by atoms with van der Waals surface area (Å²) in [5, 5.41) is 0. The number of rotatable bonds is 2. The fourth-order valence-corrected chi connectivity index (χ4v) is 2.61. The van der Waals surface area contributed by atoms with Crippen LogP contribution in [-0.2, 0) is 34.2 Å². The summed E-state index contributed by atoms with van der Waals surface area (Å²) < 4.78 is 3.99. The second-order valence-corrected chi connectivity index (χ2v) is 5.02. The molecule has 0 fully saturated rings. The van der Waals surface area contributed by atoms with Crippen LogP contribution in [0.5, 0.6) is 0 Å². The molecule has 0 saturated carbocycles. The molecule has 112 valence electrons. The van der Waals surface area contributed by atoms with E-state index < -0.39 is 0 Å². The van der Waals surface area contributed by atoms with E-state index in [1.807, 2.05) is 55.3 Å². The molecule has 0 unspecified atom stereocenters. The summed E-state index contributed by atoms with van der Waals surface area (Å²) >= 11 is 0. The van der Waals surface area contributed by atoms with Crippen molar-refractivity contribution >= 4 is 30.8 Å². The zero-order valence-corrected chi connectivity index (χ0v) is 14.6. The average Bonchev–Trinajstić information content (AvgIpc) is 3.17. The Kier molecular flexibility index (Phi) is 3.80. The van der Waals surface area contributed by atoms with Crippen LogP contribution in [0.25, 0.3) is 0 Å². The molecule has 3 heterocycles. The van der Waals surface area contributed by atoms with Crippen LogP contribution in [0, 0.1) is 0 Å². The fourth-order valence-electron chi connectivity index (χ4n) is 2.61. The van der Waals surface area contributed by atoms with Gasteiger partial charge in [0.15, 0.2) is 11.9 Å². The van der Waals surface area contributed by atoms with Gasteiger partial charge >= 0.3 is 7.55 Å². The predicted molar refractivity (Wildman–Crippen MR) is 82.9 cm³/mol. The summed E-state index contributed by atoms with van der Waals surface area (Å²) in [6.45, 7) is 0. The third kappa shape index (κ3) is 2.15. The van der Waals surface area contributed by atoms with Crippen molar-refractivity contribution in [2.75, 3.05) is 9.62 Å². The number of para-hydroxylation sites is 2. The van der Waals surface area contributed by atoms with E-state index in [9.17, 15) is 0 Å². The van der Waals surface area contributed by atoms with E-state index in [2.05, 4.69) is 31.7 Å². The van der Waals surface area contributed by atoms with Gasteiger partial charge in [0.25, 0.3) is 0 Å². The summed E-state index contributed by atoms with van der Waals surface area (Å²) in [5.74, 6) is 1.75. The molecule has 1 aliphatic heterocycles. The van der Waals surface area contributed by atoms with Gasteiger partial charge in [0.2, 0.25) is 0 Å². The molecular formula is C14H14BIrN6. The van der Waals surface area contributed by atoms with Gasteiger partial charge in [-0.25, -0.2) is 9.97 Å². The Balaban J connectivity index is 0.00000144. The second kappa shape index (κ2) is 5.63. The molecule has 22 heavy (non-hydrogen) atoms. The SMILES string of the molecule is Cn1ccnc1N1[B]N(c2nccn2C)c2ccccc21.[Ir]. The summed E-state index contributed by atoms with van der Waals surface area (Å²) in [5.41, 5.74) is 2.18. The van der Waals surface area contributed by atoms with Gasteiger partial charge in [-0.2, -0.15) is 0 Å². The molecule has 0 saturated heterocycles. The van der Waals surface area contributed by atoms with Crippen LogP contribution >= 0.6 is 0 Å². The van der Waals surface area contributed by atoms with Gasteiger partial charge in [-0.15, -0.1) is 0 Å². The molecule has 2 radical (unpaired) electrons. The maximum Gasteiger partial charge on any atom is 0.406 e. The summed E-state index contributed by atoms with van der Waals surface area (Å²) in [6, 6.07) is 8.24. The Hall–Kier alpha value is -2.05. The Bertz CT molecular complexity index is 733. The zero-order chi connectivity index (χ0) is 14.4. The van der Waals surface area contributed by atoms with Crippen molar-refractivity contribution < 1.29 is 20.1 Å². The largest absolute Gasteiger partial charge is 0.406 e. The van der Waals surface area contributed by atoms with Crippen molar-refractivity contribution in [2.45, 2.75) is 0 Å². The van der Waals surface area contributed by atoms with Gasteiger partial charge in [-0.3, -0.25) is 0 Å². The third-order valence-electron chi connectivity index (χ3n) is 3.65. The van der Waals surface area contributed by atoms with Gasteiger partial charge < -0.3 is 18.8 Å². The van der Waals surface area contributed by atoms with Crippen LogP contribution in [0.15, 0.2) is 49.1 Å². The molecule has 0 N–H and O–H groups in total. The normalized spacial score (nSPS) is 12.8. The van der Waals surface area contributed by atoms with Gasteiger partial charge in [0.1, 0.15) is 0 Å². The van der Waals surface area contributed by atoms with Gasteiger partial charge in [0.05, 0.1) is 11.4 Å². The zero-order valence-electron chi connectivity index (χ0n) is 12.2. The Morgan fingerprint density at radius 2 is 1.27 bits per heavy atom. The molecule has 1 aliphatic rings. The number of aryl methyl sites for hydroxylation is 2. The van der Waals surface area contributed by atoms with Crippen LogP contribution in [0.4, 0.5) is 23.3 Å². The van der Waals surface area contributed by atoms with Crippen molar-refractivity contribution in [3.05, 3.63) is 49.1 Å². The third-order valence-corrected chi connectivity index (χ3v) is 3.65. The van der Waals surface area contributed by atoms with E-state index in [4.69, 9.17) is 0 Å². The van der Waals surface area contributed by atoms with Crippen LogP contribution in [0.1, 0.15) is 0 Å². The number of aromatic nitrogens is 4. The summed E-state index contributed by atoms with van der Waals surface area (Å²) in [7, 11) is 6.00. The first-order valence-corrected chi connectivity index (χ1v) is 6.73. The van der Waals surface area contributed by atoms with Gasteiger partial charge in [-0.1, -0.05) is 12.1 Å². The molecule has 0 aliphatic carbocycles. The van der Waals surface area contributed by atoms with E-state index >= 15 is 0 Å².